The molecule has 0 atom stereocenters. The second-order valence-electron chi connectivity index (χ2n) is 8.06. The van der Waals surface area contributed by atoms with Crippen LogP contribution in [0, 0.1) is 10.8 Å². The van der Waals surface area contributed by atoms with Crippen molar-refractivity contribution in [2.24, 2.45) is 11.1 Å². The molecule has 2 aromatic carbocycles. The fraction of sp³-hybridized carbons (Fsp3) is 0.261. The van der Waals surface area contributed by atoms with E-state index in [-0.39, 0.29) is 11.8 Å². The van der Waals surface area contributed by atoms with Gasteiger partial charge in [0.1, 0.15) is 11.6 Å². The highest BCUT2D eigenvalue weighted by Crippen LogP contribution is 2.29. The molecule has 0 aliphatic rings. The monoisotopic (exact) mass is 540 g/mol. The molecule has 5 N–H and O–H groups in total. The number of carboxylic acid groups (broad SMARTS) is 1. The minimum Gasteiger partial charge on any atom is -0.475 e. The van der Waals surface area contributed by atoms with Gasteiger partial charge in [-0.15, -0.1) is 0 Å². The number of halogens is 3. The number of nitrogens with two attached hydrogens (primary N) is 1. The highest BCUT2D eigenvalue weighted by molar-refractivity contribution is 7.22. The zero-order chi connectivity index (χ0) is 28.0. The number of carbonyl (C=O) groups is 3. The van der Waals surface area contributed by atoms with Gasteiger partial charge in [0, 0.05) is 12.1 Å². The molecule has 14 heteroatoms. The van der Waals surface area contributed by atoms with Crippen molar-refractivity contribution in [1.82, 2.24) is 4.98 Å². The van der Waals surface area contributed by atoms with Gasteiger partial charge in [-0.25, -0.2) is 14.6 Å². The zero-order valence-electron chi connectivity index (χ0n) is 19.8. The van der Waals surface area contributed by atoms with Crippen LogP contribution in [0.15, 0.2) is 42.5 Å². The normalized spacial score (nSPS) is 11.2. The van der Waals surface area contributed by atoms with Crippen molar-refractivity contribution in [1.29, 1.82) is 5.41 Å². The summed E-state index contributed by atoms with van der Waals surface area (Å²) >= 11 is 1.38. The topological polar surface area (TPSA) is 165 Å². The Morgan fingerprint density at radius 2 is 1.68 bits per heavy atom. The summed E-state index contributed by atoms with van der Waals surface area (Å²) in [5.41, 5.74) is 6.41. The van der Waals surface area contributed by atoms with Crippen LogP contribution < -0.4 is 15.8 Å². The Morgan fingerprint density at radius 3 is 2.19 bits per heavy atom. The van der Waals surface area contributed by atoms with Crippen molar-refractivity contribution in [3.8, 4) is 5.75 Å². The van der Waals surface area contributed by atoms with Crippen LogP contribution in [0.1, 0.15) is 29.8 Å². The van der Waals surface area contributed by atoms with Crippen LogP contribution in [0.4, 0.5) is 18.3 Å². The van der Waals surface area contributed by atoms with E-state index in [2.05, 4.69) is 10.3 Å². The minimum absolute atomic E-state index is 0.0529. The Morgan fingerprint density at radius 1 is 1.11 bits per heavy atom. The number of anilines is 1. The third-order valence-corrected chi connectivity index (χ3v) is 5.64. The lowest BCUT2D eigenvalue weighted by Gasteiger charge is -2.21. The number of nitrogens with zero attached hydrogens (tertiary/aromatic N) is 1. The predicted octanol–water partition coefficient (Wildman–Crippen LogP) is 4.04. The number of benzene rings is 2. The van der Waals surface area contributed by atoms with Crippen molar-refractivity contribution in [3.05, 3.63) is 53.6 Å². The number of nitrogens with one attached hydrogen (secondary N) is 2. The molecule has 198 valence electrons. The number of carbonyl (C=O) groups excluding carboxylic acids is 2. The number of nitrogen functional groups attached to an aromatic ring is 1. The summed E-state index contributed by atoms with van der Waals surface area (Å²) in [5.74, 6) is -3.25. The number of esters is 2. The number of hydrogen-bond acceptors (Lipinski definition) is 9. The van der Waals surface area contributed by atoms with Gasteiger partial charge in [0.25, 0.3) is 0 Å². The lowest BCUT2D eigenvalue weighted by atomic mass is 9.94. The second kappa shape index (κ2) is 11.7. The van der Waals surface area contributed by atoms with E-state index in [4.69, 9.17) is 30.5 Å². The average molecular weight is 541 g/mol. The number of amidine groups is 1. The van der Waals surface area contributed by atoms with Crippen molar-refractivity contribution >= 4 is 50.4 Å². The van der Waals surface area contributed by atoms with Gasteiger partial charge in [-0.2, -0.15) is 13.2 Å². The van der Waals surface area contributed by atoms with Gasteiger partial charge >= 0.3 is 24.1 Å². The predicted molar refractivity (Wildman–Crippen MR) is 130 cm³/mol. The number of carboxylic acids is 1. The summed E-state index contributed by atoms with van der Waals surface area (Å²) in [6.45, 7) is 3.94. The number of aromatic nitrogens is 1. The number of alkyl halides is 3. The van der Waals surface area contributed by atoms with Gasteiger partial charge in [0.15, 0.2) is 5.13 Å². The van der Waals surface area contributed by atoms with E-state index in [1.807, 2.05) is 0 Å². The first-order valence-electron chi connectivity index (χ1n) is 10.3. The molecule has 10 nitrogen and oxygen atoms in total. The molecule has 3 rings (SSSR count). The number of rotatable bonds is 7. The van der Waals surface area contributed by atoms with Crippen LogP contribution in [0.2, 0.25) is 0 Å². The van der Waals surface area contributed by atoms with Gasteiger partial charge in [-0.1, -0.05) is 11.3 Å². The van der Waals surface area contributed by atoms with E-state index in [0.717, 1.165) is 10.2 Å². The summed E-state index contributed by atoms with van der Waals surface area (Å²) < 4.78 is 42.7. The van der Waals surface area contributed by atoms with E-state index >= 15 is 0 Å². The maximum atomic E-state index is 12.5. The van der Waals surface area contributed by atoms with Crippen molar-refractivity contribution in [2.75, 3.05) is 19.0 Å². The third kappa shape index (κ3) is 8.17. The first-order valence-corrected chi connectivity index (χ1v) is 11.2. The number of thiazole rings is 1. The number of ether oxygens (including phenoxy) is 2. The maximum Gasteiger partial charge on any atom is 0.490 e. The summed E-state index contributed by atoms with van der Waals surface area (Å²) in [6.07, 6.45) is -5.08. The van der Waals surface area contributed by atoms with Crippen LogP contribution in [-0.4, -0.2) is 53.7 Å². The van der Waals surface area contributed by atoms with E-state index in [1.54, 1.807) is 56.3 Å². The van der Waals surface area contributed by atoms with Gasteiger partial charge in [0.2, 0.25) is 0 Å². The highest BCUT2D eigenvalue weighted by Gasteiger charge is 2.38. The van der Waals surface area contributed by atoms with Crippen molar-refractivity contribution in [2.45, 2.75) is 20.0 Å². The minimum atomic E-state index is -5.08. The molecule has 0 saturated heterocycles. The van der Waals surface area contributed by atoms with Gasteiger partial charge in [0.05, 0.1) is 28.3 Å². The summed E-state index contributed by atoms with van der Waals surface area (Å²) in [6, 6.07) is 11.5. The number of aliphatic carboxylic acids is 1. The molecule has 0 saturated carbocycles. The average Bonchev–Trinajstić information content (AvgIpc) is 3.24. The van der Waals surface area contributed by atoms with E-state index in [0.29, 0.717) is 28.6 Å². The van der Waals surface area contributed by atoms with Gasteiger partial charge in [-0.05, 0) is 56.3 Å². The Bertz CT molecular complexity index is 1310. The molecule has 0 aliphatic carbocycles. The fourth-order valence-corrected chi connectivity index (χ4v) is 3.54. The molecule has 0 unspecified atom stereocenters. The van der Waals surface area contributed by atoms with E-state index in [1.165, 1.54) is 18.4 Å². The largest absolute Gasteiger partial charge is 0.490 e. The Hall–Kier alpha value is -4.20. The zero-order valence-corrected chi connectivity index (χ0v) is 20.6. The molecular formula is C23H23F3N4O6S. The Labute approximate surface area is 212 Å². The van der Waals surface area contributed by atoms with E-state index in [9.17, 15) is 22.8 Å². The first-order chi connectivity index (χ1) is 17.1. The Balaban J connectivity index is 0.000000604. The van der Waals surface area contributed by atoms with Crippen molar-refractivity contribution in [3.63, 3.8) is 0 Å². The SMILES string of the molecule is COC(=O)C(C)(C)CNc1nc2ccc(C(=O)Oc3ccc(C(=N)N)cc3)cc2s1.O=C(O)C(F)(F)F. The standard InChI is InChI=1S/C21H22N4O4S.C2HF3O2/c1-21(2,19(27)28-3)11-24-20-25-15-9-6-13(10-16(15)30-20)18(26)29-14-7-4-12(5-8-14)17(22)23;3-2(4,5)1(6)7/h4-10H,11H2,1-3H3,(H3,22,23)(H,24,25);(H,6,7). The molecule has 0 amide bonds. The molecule has 3 aromatic rings. The second-order valence-corrected chi connectivity index (χ2v) is 9.09. The van der Waals surface area contributed by atoms with Crippen LogP contribution in [0.3, 0.4) is 0 Å². The molecule has 0 aliphatic heterocycles. The van der Waals surface area contributed by atoms with Gasteiger partial charge in [-0.3, -0.25) is 10.2 Å². The molecule has 0 fully saturated rings. The molecule has 0 spiro atoms. The number of methoxy groups -OCH3 is 1. The molecule has 0 bridgehead atoms. The van der Waals surface area contributed by atoms with Gasteiger partial charge < -0.3 is 25.6 Å². The molecule has 0 radical (unpaired) electrons. The summed E-state index contributed by atoms with van der Waals surface area (Å²) in [5, 5.41) is 18.3. The smallest absolute Gasteiger partial charge is 0.475 e. The first kappa shape index (κ1) is 29.0. The highest BCUT2D eigenvalue weighted by atomic mass is 32.1. The van der Waals surface area contributed by atoms with Crippen LogP contribution >= 0.6 is 11.3 Å². The maximum absolute atomic E-state index is 12.5. The van der Waals surface area contributed by atoms with Crippen molar-refractivity contribution < 1.29 is 42.1 Å². The quantitative estimate of drug-likeness (QED) is 0.150. The lowest BCUT2D eigenvalue weighted by molar-refractivity contribution is -0.192. The van der Waals surface area contributed by atoms with E-state index < -0.39 is 23.5 Å². The number of hydrogen-bond donors (Lipinski definition) is 4. The molecule has 37 heavy (non-hydrogen) atoms. The molecule has 1 aromatic heterocycles. The molecular weight excluding hydrogens is 517 g/mol. The molecule has 1 heterocycles. The fourth-order valence-electron chi connectivity index (χ4n) is 2.64. The third-order valence-electron chi connectivity index (χ3n) is 4.66. The lowest BCUT2D eigenvalue weighted by Crippen LogP contribution is -2.33. The number of fused-ring (bicyclic) bond motifs is 1. The van der Waals surface area contributed by atoms with Crippen LogP contribution in [-0.2, 0) is 14.3 Å². The van der Waals surface area contributed by atoms with Crippen LogP contribution in [0.5, 0.6) is 5.75 Å². The van der Waals surface area contributed by atoms with Crippen LogP contribution in [0.25, 0.3) is 10.2 Å². The summed E-state index contributed by atoms with van der Waals surface area (Å²) in [7, 11) is 1.36. The Kier molecular flexibility index (Phi) is 9.17. The summed E-state index contributed by atoms with van der Waals surface area (Å²) in [4.78, 5) is 37.7.